The molecule has 1 heterocycles. The molecule has 0 spiro atoms. The van der Waals surface area contributed by atoms with Gasteiger partial charge in [-0.05, 0) is 43.3 Å². The molecule has 28 heavy (non-hydrogen) atoms. The van der Waals surface area contributed by atoms with E-state index >= 15 is 0 Å². The van der Waals surface area contributed by atoms with Gasteiger partial charge in [0.05, 0.1) is 4.90 Å². The van der Waals surface area contributed by atoms with Gasteiger partial charge in [0.2, 0.25) is 11.2 Å². The second-order valence-corrected chi connectivity index (χ2v) is 8.20. The summed E-state index contributed by atoms with van der Waals surface area (Å²) in [6.07, 6.45) is -1.94. The maximum atomic E-state index is 13.1. The normalized spacial score (nSPS) is 11.6. The molecule has 8 heteroatoms. The van der Waals surface area contributed by atoms with Crippen LogP contribution in [0.1, 0.15) is 17.7 Å². The van der Waals surface area contributed by atoms with Gasteiger partial charge >= 0.3 is 0 Å². The highest BCUT2D eigenvalue weighted by atomic mass is 32.2. The van der Waals surface area contributed by atoms with Crippen molar-refractivity contribution in [2.45, 2.75) is 18.2 Å². The first kappa shape index (κ1) is 19.8. The van der Waals surface area contributed by atoms with Gasteiger partial charge < -0.3 is 9.15 Å². The Bertz CT molecular complexity index is 1150. The van der Waals surface area contributed by atoms with E-state index in [2.05, 4.69) is 0 Å². The van der Waals surface area contributed by atoms with E-state index in [4.69, 9.17) is 9.15 Å². The third-order valence-electron chi connectivity index (χ3n) is 3.92. The molecule has 0 aliphatic rings. The Morgan fingerprint density at radius 2 is 1.61 bits per heavy atom. The first-order chi connectivity index (χ1) is 13.1. The molecular weight excluding hydrogens is 390 g/mol. The molecule has 2 aromatic carbocycles. The molecule has 146 valence electrons. The molecular formula is C20H16F2O5S. The van der Waals surface area contributed by atoms with E-state index in [0.717, 1.165) is 11.8 Å². The van der Waals surface area contributed by atoms with Crippen LogP contribution in [-0.2, 0) is 9.84 Å². The van der Waals surface area contributed by atoms with Crippen LogP contribution in [0.4, 0.5) is 8.78 Å². The summed E-state index contributed by atoms with van der Waals surface area (Å²) in [5.41, 5.74) is 0.433. The highest BCUT2D eigenvalue weighted by molar-refractivity contribution is 7.90. The Hall–Kier alpha value is -3.00. The summed E-state index contributed by atoms with van der Waals surface area (Å²) < 4.78 is 60.3. The molecule has 3 aromatic rings. The molecule has 0 aliphatic carbocycles. The molecule has 3 rings (SSSR count). The molecule has 0 amide bonds. The predicted octanol–water partition coefficient (Wildman–Crippen LogP) is 4.75. The molecule has 1 aromatic heterocycles. The molecule has 0 saturated carbocycles. The minimum absolute atomic E-state index is 0.0459. The van der Waals surface area contributed by atoms with Crippen molar-refractivity contribution in [2.24, 2.45) is 0 Å². The summed E-state index contributed by atoms with van der Waals surface area (Å²) in [5.74, 6) is -0.941. The maximum Gasteiger partial charge on any atom is 0.295 e. The van der Waals surface area contributed by atoms with Crippen LogP contribution >= 0.6 is 0 Å². The zero-order valence-electron chi connectivity index (χ0n) is 15.0. The van der Waals surface area contributed by atoms with Gasteiger partial charge in [0.15, 0.2) is 21.4 Å². The summed E-state index contributed by atoms with van der Waals surface area (Å²) in [6.45, 7) is 1.88. The number of hydrogen-bond donors (Lipinski definition) is 0. The van der Waals surface area contributed by atoms with Crippen molar-refractivity contribution in [3.63, 3.8) is 0 Å². The number of sulfone groups is 1. The summed E-state index contributed by atoms with van der Waals surface area (Å²) >= 11 is 0. The Balaban J connectivity index is 2.14. The molecule has 0 N–H and O–H groups in total. The molecule has 0 bridgehead atoms. The Morgan fingerprint density at radius 1 is 1.00 bits per heavy atom. The fraction of sp³-hybridized carbons (Fsp3) is 0.150. The first-order valence-electron chi connectivity index (χ1n) is 8.16. The number of benzene rings is 2. The fourth-order valence-corrected chi connectivity index (χ4v) is 3.10. The monoisotopic (exact) mass is 406 g/mol. The Kier molecular flexibility index (Phi) is 5.33. The van der Waals surface area contributed by atoms with E-state index in [1.165, 1.54) is 24.3 Å². The minimum Gasteiger partial charge on any atom is -0.451 e. The Labute approximate surface area is 160 Å². The number of rotatable bonds is 5. The van der Waals surface area contributed by atoms with Gasteiger partial charge in [-0.1, -0.05) is 17.7 Å². The number of ether oxygens (including phenoxy) is 1. The van der Waals surface area contributed by atoms with Crippen molar-refractivity contribution < 1.29 is 26.4 Å². The zero-order chi connectivity index (χ0) is 20.5. The van der Waals surface area contributed by atoms with Crippen LogP contribution in [0.3, 0.4) is 0 Å². The quantitative estimate of drug-likeness (QED) is 0.611. The van der Waals surface area contributed by atoms with Crippen LogP contribution < -0.4 is 10.2 Å². The molecule has 0 aliphatic heterocycles. The molecule has 5 nitrogen and oxygen atoms in total. The number of hydrogen-bond acceptors (Lipinski definition) is 5. The van der Waals surface area contributed by atoms with E-state index in [9.17, 15) is 22.0 Å². The van der Waals surface area contributed by atoms with E-state index in [1.807, 2.05) is 6.92 Å². The average Bonchev–Trinajstić information content (AvgIpc) is 2.64. The van der Waals surface area contributed by atoms with Crippen molar-refractivity contribution in [3.05, 3.63) is 76.1 Å². The number of aryl methyl sites for hydroxylation is 1. The van der Waals surface area contributed by atoms with Crippen molar-refractivity contribution in [2.75, 3.05) is 6.26 Å². The number of halogens is 2. The van der Waals surface area contributed by atoms with Crippen LogP contribution in [0.2, 0.25) is 0 Å². The minimum atomic E-state index is -3.44. The van der Waals surface area contributed by atoms with Crippen LogP contribution in [0.25, 0.3) is 11.3 Å². The van der Waals surface area contributed by atoms with Crippen LogP contribution in [0.15, 0.2) is 68.7 Å². The van der Waals surface area contributed by atoms with Crippen molar-refractivity contribution >= 4 is 9.84 Å². The summed E-state index contributed by atoms with van der Waals surface area (Å²) in [6, 6.07) is 12.8. The van der Waals surface area contributed by atoms with Gasteiger partial charge in [0.25, 0.3) is 6.43 Å². The van der Waals surface area contributed by atoms with Crippen molar-refractivity contribution in [1.82, 2.24) is 0 Å². The van der Waals surface area contributed by atoms with E-state index < -0.39 is 27.5 Å². The van der Waals surface area contributed by atoms with Crippen molar-refractivity contribution in [1.29, 1.82) is 0 Å². The van der Waals surface area contributed by atoms with Crippen molar-refractivity contribution in [3.8, 4) is 22.8 Å². The van der Waals surface area contributed by atoms with E-state index in [0.29, 0.717) is 11.8 Å². The molecule has 0 fully saturated rings. The van der Waals surface area contributed by atoms with Gasteiger partial charge in [-0.2, -0.15) is 0 Å². The van der Waals surface area contributed by atoms with Gasteiger partial charge in [0, 0.05) is 17.9 Å². The van der Waals surface area contributed by atoms with Gasteiger partial charge in [0.1, 0.15) is 5.75 Å². The Morgan fingerprint density at radius 3 is 2.14 bits per heavy atom. The SMILES string of the molecule is Cc1ccc(Oc2c(-c3ccc(S(C)(=O)=O)cc3)oc(C(F)F)cc2=O)cc1. The third kappa shape index (κ3) is 4.28. The molecule has 0 radical (unpaired) electrons. The average molecular weight is 406 g/mol. The number of alkyl halides is 2. The highest BCUT2D eigenvalue weighted by Crippen LogP contribution is 2.34. The lowest BCUT2D eigenvalue weighted by Gasteiger charge is -2.12. The topological polar surface area (TPSA) is 73.6 Å². The lowest BCUT2D eigenvalue weighted by atomic mass is 10.1. The largest absolute Gasteiger partial charge is 0.451 e. The van der Waals surface area contributed by atoms with Crippen LogP contribution in [-0.4, -0.2) is 14.7 Å². The second-order valence-electron chi connectivity index (χ2n) is 6.18. The summed E-state index contributed by atoms with van der Waals surface area (Å²) in [7, 11) is -3.44. The maximum absolute atomic E-state index is 13.1. The van der Waals surface area contributed by atoms with Gasteiger partial charge in [-0.3, -0.25) is 4.79 Å². The summed E-state index contributed by atoms with van der Waals surface area (Å²) in [5, 5.41) is 0. The van der Waals surface area contributed by atoms with E-state index in [-0.39, 0.29) is 22.0 Å². The second kappa shape index (κ2) is 7.55. The van der Waals surface area contributed by atoms with E-state index in [1.54, 1.807) is 24.3 Å². The van der Waals surface area contributed by atoms with Crippen LogP contribution in [0, 0.1) is 6.92 Å². The summed E-state index contributed by atoms with van der Waals surface area (Å²) in [4.78, 5) is 12.5. The third-order valence-corrected chi connectivity index (χ3v) is 5.05. The lowest BCUT2D eigenvalue weighted by molar-refractivity contribution is 0.120. The van der Waals surface area contributed by atoms with Gasteiger partial charge in [-0.15, -0.1) is 0 Å². The standard InChI is InChI=1S/C20H16F2O5S/c1-12-3-7-14(8-4-12)26-19-16(23)11-17(20(21)22)27-18(19)13-5-9-15(10-6-13)28(2,24)25/h3-11,20H,1-2H3. The first-order valence-corrected chi connectivity index (χ1v) is 10.1. The lowest BCUT2D eigenvalue weighted by Crippen LogP contribution is -2.08. The highest BCUT2D eigenvalue weighted by Gasteiger charge is 2.21. The molecule has 0 saturated heterocycles. The fourth-order valence-electron chi connectivity index (χ4n) is 2.47. The van der Waals surface area contributed by atoms with Crippen LogP contribution in [0.5, 0.6) is 11.5 Å². The molecule has 0 unspecified atom stereocenters. The zero-order valence-corrected chi connectivity index (χ0v) is 15.8. The predicted molar refractivity (Wildman–Crippen MR) is 99.7 cm³/mol. The smallest absolute Gasteiger partial charge is 0.295 e. The molecule has 0 atom stereocenters. The van der Waals surface area contributed by atoms with Gasteiger partial charge in [-0.25, -0.2) is 17.2 Å².